The quantitative estimate of drug-likeness (QED) is 0.616. The fourth-order valence-corrected chi connectivity index (χ4v) is 1.73. The predicted molar refractivity (Wildman–Crippen MR) is 46.5 cm³/mol. The molecular formula is C9H19NO. The van der Waals surface area contributed by atoms with Gasteiger partial charge in [-0.2, -0.15) is 0 Å². The van der Waals surface area contributed by atoms with E-state index in [2.05, 4.69) is 25.7 Å². The summed E-state index contributed by atoms with van der Waals surface area (Å²) >= 11 is 0. The summed E-state index contributed by atoms with van der Waals surface area (Å²) in [6.45, 7) is 9.65. The van der Waals surface area contributed by atoms with Crippen molar-refractivity contribution in [2.45, 2.75) is 33.3 Å². The summed E-state index contributed by atoms with van der Waals surface area (Å²) in [5, 5.41) is 9.62. The standard InChI is InChI=1S/C9H19NO/c1-4-10-6-5-8(11)9(2,3)7-10/h8,11H,4-7H2,1-3H3. The number of piperidine rings is 1. The minimum atomic E-state index is -0.106. The fourth-order valence-electron chi connectivity index (χ4n) is 1.73. The van der Waals surface area contributed by atoms with E-state index >= 15 is 0 Å². The zero-order chi connectivity index (χ0) is 8.48. The molecule has 2 nitrogen and oxygen atoms in total. The molecule has 0 amide bonds. The van der Waals surface area contributed by atoms with Gasteiger partial charge in [0.25, 0.3) is 0 Å². The predicted octanol–water partition coefficient (Wildman–Crippen LogP) is 1.10. The minimum Gasteiger partial charge on any atom is -0.392 e. The highest BCUT2D eigenvalue weighted by Gasteiger charge is 2.33. The van der Waals surface area contributed by atoms with Crippen LogP contribution < -0.4 is 0 Å². The number of likely N-dealkylation sites (tertiary alicyclic amines) is 1. The molecule has 0 bridgehead atoms. The first kappa shape index (κ1) is 9.01. The molecular weight excluding hydrogens is 138 g/mol. The zero-order valence-corrected chi connectivity index (χ0v) is 7.80. The average Bonchev–Trinajstić information content (AvgIpc) is 1.95. The van der Waals surface area contributed by atoms with E-state index < -0.39 is 0 Å². The second kappa shape index (κ2) is 3.11. The fraction of sp³-hybridized carbons (Fsp3) is 1.00. The summed E-state index contributed by atoms with van der Waals surface area (Å²) in [6.07, 6.45) is 0.825. The van der Waals surface area contributed by atoms with Crippen LogP contribution in [-0.4, -0.2) is 35.7 Å². The third-order valence-corrected chi connectivity index (χ3v) is 2.70. The Morgan fingerprint density at radius 2 is 2.18 bits per heavy atom. The second-order valence-corrected chi connectivity index (χ2v) is 4.16. The molecule has 1 heterocycles. The van der Waals surface area contributed by atoms with Crippen molar-refractivity contribution < 1.29 is 5.11 Å². The molecule has 0 saturated carbocycles. The summed E-state index contributed by atoms with van der Waals surface area (Å²) in [5.41, 5.74) is 0.0915. The third kappa shape index (κ3) is 1.94. The number of aliphatic hydroxyl groups is 1. The van der Waals surface area contributed by atoms with E-state index in [0.717, 1.165) is 26.1 Å². The Morgan fingerprint density at radius 3 is 2.64 bits per heavy atom. The maximum absolute atomic E-state index is 9.62. The summed E-state index contributed by atoms with van der Waals surface area (Å²) in [5.74, 6) is 0. The van der Waals surface area contributed by atoms with Gasteiger partial charge in [0.15, 0.2) is 0 Å². The zero-order valence-electron chi connectivity index (χ0n) is 7.80. The van der Waals surface area contributed by atoms with Gasteiger partial charge in [-0.25, -0.2) is 0 Å². The SMILES string of the molecule is CCN1CCC(O)C(C)(C)C1. The molecule has 1 unspecified atom stereocenters. The molecule has 0 aromatic carbocycles. The van der Waals surface area contributed by atoms with Crippen molar-refractivity contribution in [3.8, 4) is 0 Å². The van der Waals surface area contributed by atoms with Crippen LogP contribution in [0.2, 0.25) is 0 Å². The molecule has 1 aliphatic heterocycles. The van der Waals surface area contributed by atoms with Crippen LogP contribution in [0.25, 0.3) is 0 Å². The molecule has 1 rings (SSSR count). The molecule has 11 heavy (non-hydrogen) atoms. The van der Waals surface area contributed by atoms with Gasteiger partial charge in [0.1, 0.15) is 0 Å². The van der Waals surface area contributed by atoms with Crippen LogP contribution in [0.3, 0.4) is 0 Å². The van der Waals surface area contributed by atoms with Crippen LogP contribution in [0.5, 0.6) is 0 Å². The Morgan fingerprint density at radius 1 is 1.55 bits per heavy atom. The maximum atomic E-state index is 9.62. The van der Waals surface area contributed by atoms with Crippen LogP contribution in [0.1, 0.15) is 27.2 Å². The normalized spacial score (nSPS) is 32.2. The van der Waals surface area contributed by atoms with E-state index in [1.807, 2.05) is 0 Å². The minimum absolute atomic E-state index is 0.0915. The van der Waals surface area contributed by atoms with Crippen molar-refractivity contribution in [3.05, 3.63) is 0 Å². The smallest absolute Gasteiger partial charge is 0.0615 e. The summed E-state index contributed by atoms with van der Waals surface area (Å²) in [4.78, 5) is 2.40. The molecule has 0 aliphatic carbocycles. The van der Waals surface area contributed by atoms with Crippen LogP contribution in [0, 0.1) is 5.41 Å². The first-order chi connectivity index (χ1) is 5.06. The molecule has 0 aromatic rings. The van der Waals surface area contributed by atoms with Crippen molar-refractivity contribution in [1.29, 1.82) is 0 Å². The third-order valence-electron chi connectivity index (χ3n) is 2.70. The van der Waals surface area contributed by atoms with Crippen LogP contribution in [0.15, 0.2) is 0 Å². The van der Waals surface area contributed by atoms with Gasteiger partial charge in [0, 0.05) is 18.5 Å². The average molecular weight is 157 g/mol. The van der Waals surface area contributed by atoms with Crippen molar-refractivity contribution in [2.24, 2.45) is 5.41 Å². The van der Waals surface area contributed by atoms with Crippen molar-refractivity contribution >= 4 is 0 Å². The lowest BCUT2D eigenvalue weighted by atomic mass is 9.81. The molecule has 1 N–H and O–H groups in total. The van der Waals surface area contributed by atoms with Gasteiger partial charge in [-0.05, 0) is 13.0 Å². The molecule has 1 saturated heterocycles. The topological polar surface area (TPSA) is 23.5 Å². The molecule has 0 spiro atoms. The Hall–Kier alpha value is -0.0800. The van der Waals surface area contributed by atoms with Crippen LogP contribution in [-0.2, 0) is 0 Å². The number of hydrogen-bond acceptors (Lipinski definition) is 2. The molecule has 2 heteroatoms. The van der Waals surface area contributed by atoms with E-state index in [1.165, 1.54) is 0 Å². The van der Waals surface area contributed by atoms with Gasteiger partial charge in [0.05, 0.1) is 6.10 Å². The van der Waals surface area contributed by atoms with Crippen LogP contribution >= 0.6 is 0 Å². The molecule has 1 atom stereocenters. The number of aliphatic hydroxyl groups excluding tert-OH is 1. The van der Waals surface area contributed by atoms with E-state index in [4.69, 9.17) is 0 Å². The lowest BCUT2D eigenvalue weighted by molar-refractivity contribution is -0.0226. The summed E-state index contributed by atoms with van der Waals surface area (Å²) in [7, 11) is 0. The number of rotatable bonds is 1. The largest absolute Gasteiger partial charge is 0.392 e. The molecule has 66 valence electrons. The lowest BCUT2D eigenvalue weighted by Crippen LogP contribution is -2.48. The monoisotopic (exact) mass is 157 g/mol. The summed E-state index contributed by atoms with van der Waals surface area (Å²) in [6, 6.07) is 0. The number of nitrogens with zero attached hydrogens (tertiary/aromatic N) is 1. The maximum Gasteiger partial charge on any atom is 0.0615 e. The highest BCUT2D eigenvalue weighted by molar-refractivity contribution is 4.86. The lowest BCUT2D eigenvalue weighted by Gasteiger charge is -2.41. The highest BCUT2D eigenvalue weighted by atomic mass is 16.3. The summed E-state index contributed by atoms with van der Waals surface area (Å²) < 4.78 is 0. The van der Waals surface area contributed by atoms with Gasteiger partial charge in [-0.3, -0.25) is 0 Å². The van der Waals surface area contributed by atoms with E-state index in [1.54, 1.807) is 0 Å². The molecule has 1 fully saturated rings. The molecule has 0 radical (unpaired) electrons. The van der Waals surface area contributed by atoms with Crippen molar-refractivity contribution in [3.63, 3.8) is 0 Å². The Bertz CT molecular complexity index is 134. The van der Waals surface area contributed by atoms with E-state index in [9.17, 15) is 5.11 Å². The van der Waals surface area contributed by atoms with Gasteiger partial charge in [-0.1, -0.05) is 20.8 Å². The molecule has 1 aliphatic rings. The van der Waals surface area contributed by atoms with E-state index in [0.29, 0.717) is 0 Å². The van der Waals surface area contributed by atoms with Gasteiger partial charge in [0.2, 0.25) is 0 Å². The molecule has 0 aromatic heterocycles. The first-order valence-electron chi connectivity index (χ1n) is 4.46. The van der Waals surface area contributed by atoms with E-state index in [-0.39, 0.29) is 11.5 Å². The van der Waals surface area contributed by atoms with Gasteiger partial charge < -0.3 is 10.0 Å². The van der Waals surface area contributed by atoms with Gasteiger partial charge >= 0.3 is 0 Å². The van der Waals surface area contributed by atoms with Crippen molar-refractivity contribution in [2.75, 3.05) is 19.6 Å². The highest BCUT2D eigenvalue weighted by Crippen LogP contribution is 2.28. The number of hydrogen-bond donors (Lipinski definition) is 1. The van der Waals surface area contributed by atoms with Crippen LogP contribution in [0.4, 0.5) is 0 Å². The Labute approximate surface area is 69.2 Å². The Kier molecular flexibility index (Phi) is 2.55. The second-order valence-electron chi connectivity index (χ2n) is 4.16. The first-order valence-corrected chi connectivity index (χ1v) is 4.46. The Balaban J connectivity index is 2.52. The van der Waals surface area contributed by atoms with Crippen molar-refractivity contribution in [1.82, 2.24) is 4.90 Å². The van der Waals surface area contributed by atoms with Gasteiger partial charge in [-0.15, -0.1) is 0 Å².